The van der Waals surface area contributed by atoms with Gasteiger partial charge in [0.1, 0.15) is 5.82 Å². The molecule has 1 fully saturated rings. The van der Waals surface area contributed by atoms with Gasteiger partial charge >= 0.3 is 0 Å². The highest BCUT2D eigenvalue weighted by Crippen LogP contribution is 2.33. The molecule has 0 aliphatic heterocycles. The Balaban J connectivity index is 2.35. The zero-order valence-electron chi connectivity index (χ0n) is 10.1. The maximum Gasteiger partial charge on any atom is 0.245 e. The molecular weight excluding hydrogens is 333 g/mol. The van der Waals surface area contributed by atoms with Gasteiger partial charge in [0.25, 0.3) is 0 Å². The molecule has 3 nitrogen and oxygen atoms in total. The molecule has 19 heavy (non-hydrogen) atoms. The number of terminal acetylenes is 1. The standard InChI is InChI=1S/C13H13BrFNO2S/c1-2-7-16(9-10-3-4-10)19(17,18)13-6-5-11(15)8-12(13)14/h1,5-6,8,10H,3-4,7,9H2. The van der Waals surface area contributed by atoms with Crippen LogP contribution >= 0.6 is 15.9 Å². The van der Waals surface area contributed by atoms with Gasteiger partial charge in [0, 0.05) is 11.0 Å². The molecule has 2 rings (SSSR count). The molecule has 1 aromatic carbocycles. The zero-order chi connectivity index (χ0) is 14.0. The topological polar surface area (TPSA) is 37.4 Å². The van der Waals surface area contributed by atoms with Gasteiger partial charge in [-0.3, -0.25) is 0 Å². The van der Waals surface area contributed by atoms with Crippen molar-refractivity contribution in [2.24, 2.45) is 5.92 Å². The Morgan fingerprint density at radius 1 is 1.47 bits per heavy atom. The summed E-state index contributed by atoms with van der Waals surface area (Å²) in [5, 5.41) is 0. The Labute approximate surface area is 121 Å². The number of nitrogens with zero attached hydrogens (tertiary/aromatic N) is 1. The lowest BCUT2D eigenvalue weighted by Gasteiger charge is -2.20. The highest BCUT2D eigenvalue weighted by molar-refractivity contribution is 9.10. The quantitative estimate of drug-likeness (QED) is 0.769. The summed E-state index contributed by atoms with van der Waals surface area (Å²) in [6, 6.07) is 3.52. The van der Waals surface area contributed by atoms with Crippen LogP contribution in [-0.4, -0.2) is 25.8 Å². The van der Waals surface area contributed by atoms with E-state index < -0.39 is 15.8 Å². The molecule has 0 aromatic heterocycles. The van der Waals surface area contributed by atoms with Crippen LogP contribution in [0.2, 0.25) is 0 Å². The fourth-order valence-corrected chi connectivity index (χ4v) is 4.20. The lowest BCUT2D eigenvalue weighted by atomic mass is 10.3. The summed E-state index contributed by atoms with van der Waals surface area (Å²) in [4.78, 5) is 0.0461. The molecule has 1 aliphatic carbocycles. The van der Waals surface area contributed by atoms with Crippen molar-refractivity contribution < 1.29 is 12.8 Å². The van der Waals surface area contributed by atoms with Gasteiger partial charge in [-0.05, 0) is 52.9 Å². The van der Waals surface area contributed by atoms with Crippen molar-refractivity contribution in [1.82, 2.24) is 4.31 Å². The molecule has 0 unspecified atom stereocenters. The second-order valence-corrected chi connectivity index (χ2v) is 7.28. The van der Waals surface area contributed by atoms with Gasteiger partial charge in [0.2, 0.25) is 10.0 Å². The van der Waals surface area contributed by atoms with Crippen molar-refractivity contribution in [3.63, 3.8) is 0 Å². The van der Waals surface area contributed by atoms with Gasteiger partial charge in [-0.15, -0.1) is 6.42 Å². The lowest BCUT2D eigenvalue weighted by molar-refractivity contribution is 0.429. The van der Waals surface area contributed by atoms with Gasteiger partial charge in [0.05, 0.1) is 11.4 Å². The second kappa shape index (κ2) is 5.61. The van der Waals surface area contributed by atoms with E-state index in [0.717, 1.165) is 25.0 Å². The molecule has 0 heterocycles. The average molecular weight is 346 g/mol. The van der Waals surface area contributed by atoms with Crippen molar-refractivity contribution in [3.8, 4) is 12.3 Å². The van der Waals surface area contributed by atoms with Crippen LogP contribution in [0.1, 0.15) is 12.8 Å². The molecule has 102 valence electrons. The largest absolute Gasteiger partial charge is 0.245 e. The molecule has 1 aromatic rings. The third kappa shape index (κ3) is 3.35. The Kier molecular flexibility index (Phi) is 4.29. The first-order chi connectivity index (χ1) is 8.95. The van der Waals surface area contributed by atoms with E-state index in [2.05, 4.69) is 21.9 Å². The Hall–Kier alpha value is -0.900. The van der Waals surface area contributed by atoms with E-state index >= 15 is 0 Å². The summed E-state index contributed by atoms with van der Waals surface area (Å²) in [5.74, 6) is 2.27. The van der Waals surface area contributed by atoms with Gasteiger partial charge in [-0.2, -0.15) is 4.31 Å². The van der Waals surface area contributed by atoms with E-state index in [9.17, 15) is 12.8 Å². The number of halogens is 2. The molecule has 0 N–H and O–H groups in total. The molecule has 0 saturated heterocycles. The Morgan fingerprint density at radius 3 is 2.68 bits per heavy atom. The lowest BCUT2D eigenvalue weighted by Crippen LogP contribution is -2.33. The molecule has 1 saturated carbocycles. The van der Waals surface area contributed by atoms with Crippen molar-refractivity contribution >= 4 is 26.0 Å². The monoisotopic (exact) mass is 345 g/mol. The van der Waals surface area contributed by atoms with E-state index in [1.54, 1.807) is 0 Å². The van der Waals surface area contributed by atoms with Gasteiger partial charge in [-0.25, -0.2) is 12.8 Å². The number of sulfonamides is 1. The fourth-order valence-electron chi connectivity index (χ4n) is 1.76. The van der Waals surface area contributed by atoms with Crippen LogP contribution in [0.5, 0.6) is 0 Å². The minimum absolute atomic E-state index is 0.0304. The Bertz CT molecular complexity index is 620. The highest BCUT2D eigenvalue weighted by atomic mass is 79.9. The average Bonchev–Trinajstić information content (AvgIpc) is 3.11. The Morgan fingerprint density at radius 2 is 2.16 bits per heavy atom. The van der Waals surface area contributed by atoms with Crippen molar-refractivity contribution in [2.45, 2.75) is 17.7 Å². The molecule has 0 spiro atoms. The predicted molar refractivity (Wildman–Crippen MR) is 74.4 cm³/mol. The number of hydrogen-bond acceptors (Lipinski definition) is 2. The van der Waals surface area contributed by atoms with Crippen molar-refractivity contribution in [1.29, 1.82) is 0 Å². The van der Waals surface area contributed by atoms with Gasteiger partial charge in [0.15, 0.2) is 0 Å². The number of benzene rings is 1. The molecular formula is C13H13BrFNO2S. The van der Waals surface area contributed by atoms with E-state index in [-0.39, 0.29) is 15.9 Å². The smallest absolute Gasteiger partial charge is 0.207 e. The zero-order valence-corrected chi connectivity index (χ0v) is 12.5. The van der Waals surface area contributed by atoms with E-state index in [1.807, 2.05) is 0 Å². The third-order valence-electron chi connectivity index (χ3n) is 2.94. The summed E-state index contributed by atoms with van der Waals surface area (Å²) in [6.45, 7) is 0.457. The summed E-state index contributed by atoms with van der Waals surface area (Å²) < 4.78 is 39.5. The molecule has 1 aliphatic rings. The second-order valence-electron chi connectivity index (χ2n) is 4.52. The van der Waals surface area contributed by atoms with Crippen LogP contribution in [0.3, 0.4) is 0 Å². The van der Waals surface area contributed by atoms with Crippen molar-refractivity contribution in [3.05, 3.63) is 28.5 Å². The molecule has 0 bridgehead atoms. The summed E-state index contributed by atoms with van der Waals surface area (Å²) in [5.41, 5.74) is 0. The first kappa shape index (κ1) is 14.5. The van der Waals surface area contributed by atoms with Crippen LogP contribution in [0.25, 0.3) is 0 Å². The minimum Gasteiger partial charge on any atom is -0.207 e. The first-order valence-electron chi connectivity index (χ1n) is 5.84. The number of hydrogen-bond donors (Lipinski definition) is 0. The summed E-state index contributed by atoms with van der Waals surface area (Å²) in [7, 11) is -3.69. The van der Waals surface area contributed by atoms with E-state index in [1.165, 1.54) is 10.4 Å². The predicted octanol–water partition coefficient (Wildman–Crippen LogP) is 2.62. The summed E-state index contributed by atoms with van der Waals surface area (Å²) in [6.07, 6.45) is 7.29. The molecule has 6 heteroatoms. The highest BCUT2D eigenvalue weighted by Gasteiger charge is 2.32. The van der Waals surface area contributed by atoms with Crippen LogP contribution in [0.15, 0.2) is 27.6 Å². The van der Waals surface area contributed by atoms with E-state index in [0.29, 0.717) is 12.5 Å². The van der Waals surface area contributed by atoms with Crippen LogP contribution in [0.4, 0.5) is 4.39 Å². The molecule has 0 radical (unpaired) electrons. The maximum atomic E-state index is 13.0. The first-order valence-corrected chi connectivity index (χ1v) is 8.07. The fraction of sp³-hybridized carbons (Fsp3) is 0.385. The third-order valence-corrected chi connectivity index (χ3v) is 5.73. The van der Waals surface area contributed by atoms with Gasteiger partial charge in [-0.1, -0.05) is 5.92 Å². The molecule has 0 atom stereocenters. The van der Waals surface area contributed by atoms with Crippen LogP contribution in [-0.2, 0) is 10.0 Å². The number of rotatable bonds is 5. The van der Waals surface area contributed by atoms with Crippen LogP contribution < -0.4 is 0 Å². The minimum atomic E-state index is -3.69. The SMILES string of the molecule is C#CCN(CC1CC1)S(=O)(=O)c1ccc(F)cc1Br. The van der Waals surface area contributed by atoms with Gasteiger partial charge < -0.3 is 0 Å². The summed E-state index contributed by atoms with van der Waals surface area (Å²) >= 11 is 3.09. The van der Waals surface area contributed by atoms with E-state index in [4.69, 9.17) is 6.42 Å². The van der Waals surface area contributed by atoms with Crippen LogP contribution in [0, 0.1) is 24.1 Å². The van der Waals surface area contributed by atoms with Crippen molar-refractivity contribution in [2.75, 3.05) is 13.1 Å². The molecule has 0 amide bonds. The maximum absolute atomic E-state index is 13.0. The normalized spacial score (nSPS) is 15.5.